The zero-order valence-electron chi connectivity index (χ0n) is 20.8. The number of ether oxygens (including phenoxy) is 2. The van der Waals surface area contributed by atoms with Crippen molar-refractivity contribution in [3.63, 3.8) is 0 Å². The quantitative estimate of drug-likeness (QED) is 0.333. The maximum atomic E-state index is 13.8. The van der Waals surface area contributed by atoms with Gasteiger partial charge in [-0.25, -0.2) is 4.79 Å². The molecule has 2 aromatic heterocycles. The Morgan fingerprint density at radius 3 is 2.37 bits per heavy atom. The lowest BCUT2D eigenvalue weighted by Gasteiger charge is -2.23. The lowest BCUT2D eigenvalue weighted by Crippen LogP contribution is -2.30. The number of esters is 1. The molecule has 7 nitrogen and oxygen atoms in total. The summed E-state index contributed by atoms with van der Waals surface area (Å²) in [6, 6.07) is 15.7. The summed E-state index contributed by atoms with van der Waals surface area (Å²) in [7, 11) is 1.62. The average Bonchev–Trinajstić information content (AvgIpc) is 3.40. The van der Waals surface area contributed by atoms with Crippen LogP contribution in [0.5, 0.6) is 5.75 Å². The third-order valence-corrected chi connectivity index (χ3v) is 6.26. The Hall–Kier alpha value is -4.00. The van der Waals surface area contributed by atoms with Crippen molar-refractivity contribution >= 4 is 22.8 Å². The molecule has 4 rings (SSSR count). The van der Waals surface area contributed by atoms with Crippen molar-refractivity contribution in [2.45, 2.75) is 40.8 Å². The van der Waals surface area contributed by atoms with Gasteiger partial charge in [-0.05, 0) is 62.6 Å². The van der Waals surface area contributed by atoms with Crippen LogP contribution < -0.4 is 4.74 Å². The molecule has 4 aromatic rings. The standard InChI is InChI=1S/C28H31N3O4/c1-6-35-28(33)26-18(3)23(19(4)29-26)16-31(15-20-9-7-17(2)8-10-20)27(32)25-13-21-11-12-22(34-5)14-24(21)30-25/h7-14,29-30H,6,15-16H2,1-5H3. The van der Waals surface area contributed by atoms with Crippen LogP contribution in [0.3, 0.4) is 0 Å². The van der Waals surface area contributed by atoms with Crippen LogP contribution in [0.1, 0.15) is 55.8 Å². The van der Waals surface area contributed by atoms with Gasteiger partial charge in [0.1, 0.15) is 17.1 Å². The van der Waals surface area contributed by atoms with Gasteiger partial charge in [-0.3, -0.25) is 4.79 Å². The average molecular weight is 474 g/mol. The van der Waals surface area contributed by atoms with Gasteiger partial charge in [0.05, 0.1) is 13.7 Å². The number of aromatic nitrogens is 2. The Morgan fingerprint density at radius 1 is 0.943 bits per heavy atom. The summed E-state index contributed by atoms with van der Waals surface area (Å²) in [4.78, 5) is 34.4. The number of rotatable bonds is 8. The number of H-pyrrole nitrogens is 2. The SMILES string of the molecule is CCOC(=O)c1[nH]c(C)c(CN(Cc2ccc(C)cc2)C(=O)c2cc3ccc(OC)cc3[nH]2)c1C. The minimum atomic E-state index is -0.389. The van der Waals surface area contributed by atoms with Crippen LogP contribution in [-0.4, -0.2) is 40.5 Å². The second-order valence-corrected chi connectivity index (χ2v) is 8.73. The van der Waals surface area contributed by atoms with Gasteiger partial charge in [0.15, 0.2) is 0 Å². The molecule has 0 spiro atoms. The monoisotopic (exact) mass is 473 g/mol. The number of aryl methyl sites for hydroxylation is 2. The van der Waals surface area contributed by atoms with Crippen molar-refractivity contribution < 1.29 is 19.1 Å². The summed E-state index contributed by atoms with van der Waals surface area (Å²) in [5, 5.41) is 0.933. The number of carbonyl (C=O) groups is 2. The summed E-state index contributed by atoms with van der Waals surface area (Å²) in [5.74, 6) is 0.207. The van der Waals surface area contributed by atoms with Crippen LogP contribution >= 0.6 is 0 Å². The van der Waals surface area contributed by atoms with E-state index in [1.54, 1.807) is 18.9 Å². The molecule has 7 heteroatoms. The van der Waals surface area contributed by atoms with Crippen molar-refractivity contribution in [2.75, 3.05) is 13.7 Å². The topological polar surface area (TPSA) is 87.4 Å². The zero-order chi connectivity index (χ0) is 25.1. The molecule has 35 heavy (non-hydrogen) atoms. The molecule has 182 valence electrons. The first-order chi connectivity index (χ1) is 16.8. The van der Waals surface area contributed by atoms with E-state index in [-0.39, 0.29) is 11.9 Å². The molecule has 0 radical (unpaired) electrons. The maximum Gasteiger partial charge on any atom is 0.355 e. The second-order valence-electron chi connectivity index (χ2n) is 8.73. The van der Waals surface area contributed by atoms with Crippen LogP contribution in [0, 0.1) is 20.8 Å². The molecule has 0 aliphatic rings. The van der Waals surface area contributed by atoms with Crippen LogP contribution in [0.15, 0.2) is 48.5 Å². The van der Waals surface area contributed by atoms with Crippen LogP contribution in [0.25, 0.3) is 10.9 Å². The highest BCUT2D eigenvalue weighted by Crippen LogP contribution is 2.25. The number of nitrogens with zero attached hydrogens (tertiary/aromatic N) is 1. The van der Waals surface area contributed by atoms with Crippen molar-refractivity contribution in [3.8, 4) is 5.75 Å². The molecule has 0 atom stereocenters. The lowest BCUT2D eigenvalue weighted by atomic mass is 10.1. The number of nitrogens with one attached hydrogen (secondary N) is 2. The van der Waals surface area contributed by atoms with Gasteiger partial charge in [-0.1, -0.05) is 29.8 Å². The fourth-order valence-corrected chi connectivity index (χ4v) is 4.26. The molecule has 1 amide bonds. The zero-order valence-corrected chi connectivity index (χ0v) is 20.8. The van der Waals surface area contributed by atoms with E-state index in [1.165, 1.54) is 0 Å². The summed E-state index contributed by atoms with van der Waals surface area (Å²) >= 11 is 0. The van der Waals surface area contributed by atoms with E-state index in [0.29, 0.717) is 31.1 Å². The van der Waals surface area contributed by atoms with Crippen molar-refractivity contribution in [2.24, 2.45) is 0 Å². The molecule has 0 saturated carbocycles. The molecule has 2 heterocycles. The number of fused-ring (bicyclic) bond motifs is 1. The van der Waals surface area contributed by atoms with E-state index in [1.807, 2.05) is 69.3 Å². The van der Waals surface area contributed by atoms with E-state index in [9.17, 15) is 9.59 Å². The summed E-state index contributed by atoms with van der Waals surface area (Å²) in [6.07, 6.45) is 0. The van der Waals surface area contributed by atoms with E-state index in [0.717, 1.165) is 44.6 Å². The third-order valence-electron chi connectivity index (χ3n) is 6.26. The number of methoxy groups -OCH3 is 1. The molecule has 2 N–H and O–H groups in total. The van der Waals surface area contributed by atoms with Gasteiger partial charge in [0.25, 0.3) is 5.91 Å². The van der Waals surface area contributed by atoms with Crippen LogP contribution in [-0.2, 0) is 17.8 Å². The highest BCUT2D eigenvalue weighted by atomic mass is 16.5. The Labute approximate surface area is 205 Å². The Morgan fingerprint density at radius 2 is 1.69 bits per heavy atom. The molecule has 0 saturated heterocycles. The fourth-order valence-electron chi connectivity index (χ4n) is 4.26. The van der Waals surface area contributed by atoms with Gasteiger partial charge in [-0.2, -0.15) is 0 Å². The molecule has 0 bridgehead atoms. The lowest BCUT2D eigenvalue weighted by molar-refractivity contribution is 0.0519. The summed E-state index contributed by atoms with van der Waals surface area (Å²) < 4.78 is 10.5. The normalized spacial score (nSPS) is 11.0. The third kappa shape index (κ3) is 5.09. The van der Waals surface area contributed by atoms with Crippen LogP contribution in [0.2, 0.25) is 0 Å². The Kier molecular flexibility index (Phi) is 6.96. The number of aromatic amines is 2. The van der Waals surface area contributed by atoms with Gasteiger partial charge >= 0.3 is 5.97 Å². The molecule has 0 fully saturated rings. The predicted octanol–water partition coefficient (Wildman–Crippen LogP) is 5.45. The van der Waals surface area contributed by atoms with Crippen LogP contribution in [0.4, 0.5) is 0 Å². The fraction of sp³-hybridized carbons (Fsp3) is 0.286. The van der Waals surface area contributed by atoms with E-state index in [4.69, 9.17) is 9.47 Å². The van der Waals surface area contributed by atoms with Gasteiger partial charge < -0.3 is 24.3 Å². The number of amides is 1. The van der Waals surface area contributed by atoms with Gasteiger partial charge in [0.2, 0.25) is 0 Å². The van der Waals surface area contributed by atoms with E-state index >= 15 is 0 Å². The van der Waals surface area contributed by atoms with Gasteiger partial charge in [0, 0.05) is 35.8 Å². The number of hydrogen-bond donors (Lipinski definition) is 2. The molecule has 2 aromatic carbocycles. The molecule has 0 unspecified atom stereocenters. The number of hydrogen-bond acceptors (Lipinski definition) is 4. The molecule has 0 aliphatic carbocycles. The van der Waals surface area contributed by atoms with E-state index in [2.05, 4.69) is 9.97 Å². The minimum absolute atomic E-state index is 0.126. The number of carbonyl (C=O) groups excluding carboxylic acids is 2. The molecular weight excluding hydrogens is 442 g/mol. The van der Waals surface area contributed by atoms with E-state index < -0.39 is 0 Å². The Balaban J connectivity index is 1.70. The first-order valence-corrected chi connectivity index (χ1v) is 11.7. The molecule has 0 aliphatic heterocycles. The van der Waals surface area contributed by atoms with Crippen molar-refractivity contribution in [3.05, 3.63) is 87.9 Å². The highest BCUT2D eigenvalue weighted by Gasteiger charge is 2.24. The first kappa shape index (κ1) is 24.1. The highest BCUT2D eigenvalue weighted by molar-refractivity contribution is 5.98. The smallest absolute Gasteiger partial charge is 0.355 e. The first-order valence-electron chi connectivity index (χ1n) is 11.7. The minimum Gasteiger partial charge on any atom is -0.497 e. The summed E-state index contributed by atoms with van der Waals surface area (Å²) in [6.45, 7) is 8.69. The Bertz CT molecular complexity index is 1370. The predicted molar refractivity (Wildman–Crippen MR) is 136 cm³/mol. The largest absolute Gasteiger partial charge is 0.497 e. The second kappa shape index (κ2) is 10.1. The van der Waals surface area contributed by atoms with Crippen molar-refractivity contribution in [1.82, 2.24) is 14.9 Å². The molecular formula is C28H31N3O4. The van der Waals surface area contributed by atoms with Gasteiger partial charge in [-0.15, -0.1) is 0 Å². The summed E-state index contributed by atoms with van der Waals surface area (Å²) in [5.41, 5.74) is 6.49. The number of benzene rings is 2. The maximum absolute atomic E-state index is 13.8. The van der Waals surface area contributed by atoms with Crippen molar-refractivity contribution in [1.29, 1.82) is 0 Å².